The van der Waals surface area contributed by atoms with Crippen molar-refractivity contribution in [3.8, 4) is 0 Å². The van der Waals surface area contributed by atoms with Gasteiger partial charge in [-0.05, 0) is 34.9 Å². The zero-order valence-corrected chi connectivity index (χ0v) is 14.0. The third kappa shape index (κ3) is 1.66. The Labute approximate surface area is 141 Å². The summed E-state index contributed by atoms with van der Waals surface area (Å²) in [5, 5.41) is 4.08. The van der Waals surface area contributed by atoms with Crippen LogP contribution in [0.4, 0.5) is 10.5 Å². The number of amides is 1. The number of benzene rings is 2. The first kappa shape index (κ1) is 13.0. The summed E-state index contributed by atoms with van der Waals surface area (Å²) in [6.07, 6.45) is 0. The topological polar surface area (TPSA) is 32.3 Å². The number of thioether (sulfide) groups is 1. The Balaban J connectivity index is 1.73. The highest BCUT2D eigenvalue weighted by Gasteiger charge is 2.51. The van der Waals surface area contributed by atoms with Crippen LogP contribution in [0.15, 0.2) is 46.9 Å². The van der Waals surface area contributed by atoms with Crippen molar-refractivity contribution in [2.75, 3.05) is 5.32 Å². The van der Waals surface area contributed by atoms with Crippen molar-refractivity contribution in [1.29, 1.82) is 0 Å². The maximum atomic E-state index is 12.5. The molecule has 110 valence electrons. The van der Waals surface area contributed by atoms with Crippen molar-refractivity contribution in [2.45, 2.75) is 23.9 Å². The van der Waals surface area contributed by atoms with Crippen molar-refractivity contribution in [2.24, 2.45) is 0 Å². The minimum atomic E-state index is 0.183. The number of carbonyl (C=O) groups is 1. The maximum absolute atomic E-state index is 12.5. The van der Waals surface area contributed by atoms with Crippen LogP contribution in [0.3, 0.4) is 0 Å². The molecule has 5 rings (SSSR count). The molecule has 5 heteroatoms. The largest absolute Gasteiger partial charge is 0.376 e. The molecule has 0 saturated carbocycles. The lowest BCUT2D eigenvalue weighted by atomic mass is 9.82. The molecule has 0 radical (unpaired) electrons. The van der Waals surface area contributed by atoms with Crippen molar-refractivity contribution in [1.82, 2.24) is 4.90 Å². The first-order valence-corrected chi connectivity index (χ1v) is 9.01. The Morgan fingerprint density at radius 2 is 2.05 bits per heavy atom. The van der Waals surface area contributed by atoms with E-state index in [1.807, 2.05) is 4.90 Å². The van der Waals surface area contributed by atoms with E-state index in [2.05, 4.69) is 63.7 Å². The monoisotopic (exact) mass is 372 g/mol. The van der Waals surface area contributed by atoms with Gasteiger partial charge in [-0.1, -0.05) is 52.0 Å². The Bertz CT molecular complexity index is 809. The molecule has 3 aliphatic rings. The fourth-order valence-corrected chi connectivity index (χ4v) is 5.57. The number of carbonyl (C=O) groups excluding carboxylic acids is 1. The molecule has 0 aromatic heterocycles. The third-order valence-corrected chi connectivity index (χ3v) is 6.55. The fourth-order valence-electron chi connectivity index (χ4n) is 3.88. The predicted octanol–water partition coefficient (Wildman–Crippen LogP) is 4.71. The quantitative estimate of drug-likeness (QED) is 0.726. The van der Waals surface area contributed by atoms with Crippen LogP contribution < -0.4 is 5.32 Å². The molecule has 0 bridgehead atoms. The molecule has 1 fully saturated rings. The highest BCUT2D eigenvalue weighted by molar-refractivity contribution is 9.10. The van der Waals surface area contributed by atoms with Crippen molar-refractivity contribution in [3.05, 3.63) is 63.6 Å². The number of rotatable bonds is 0. The van der Waals surface area contributed by atoms with Crippen LogP contribution >= 0.6 is 27.7 Å². The van der Waals surface area contributed by atoms with Crippen molar-refractivity contribution < 1.29 is 4.79 Å². The van der Waals surface area contributed by atoms with Crippen LogP contribution in [-0.2, 0) is 6.54 Å². The van der Waals surface area contributed by atoms with Gasteiger partial charge in [0.1, 0.15) is 0 Å². The van der Waals surface area contributed by atoms with E-state index in [1.165, 1.54) is 28.5 Å². The Morgan fingerprint density at radius 3 is 2.95 bits per heavy atom. The van der Waals surface area contributed by atoms with E-state index in [0.717, 1.165) is 16.7 Å². The third-order valence-electron chi connectivity index (χ3n) is 4.84. The van der Waals surface area contributed by atoms with Gasteiger partial charge in [0.15, 0.2) is 0 Å². The van der Waals surface area contributed by atoms with Gasteiger partial charge < -0.3 is 10.2 Å². The van der Waals surface area contributed by atoms with E-state index in [4.69, 9.17) is 0 Å². The molecule has 0 aliphatic carbocycles. The highest BCUT2D eigenvalue weighted by atomic mass is 79.9. The molecule has 2 aromatic rings. The number of hydrogen-bond donors (Lipinski definition) is 1. The second-order valence-electron chi connectivity index (χ2n) is 5.98. The number of nitrogens with zero attached hydrogens (tertiary/aromatic N) is 1. The fraction of sp³-hybridized carbons (Fsp3) is 0.235. The summed E-state index contributed by atoms with van der Waals surface area (Å²) in [5.74, 6) is 0. The van der Waals surface area contributed by atoms with Crippen LogP contribution in [0.1, 0.15) is 28.0 Å². The van der Waals surface area contributed by atoms with Gasteiger partial charge in [-0.3, -0.25) is 4.79 Å². The van der Waals surface area contributed by atoms with Crippen LogP contribution in [-0.4, -0.2) is 16.2 Å². The zero-order chi connectivity index (χ0) is 14.8. The SMILES string of the molecule is O=C1S[C@@H]2c3cc(Br)ccc3N[C@H]3c4ccccc4CN1[C@H]23. The summed E-state index contributed by atoms with van der Waals surface area (Å²) < 4.78 is 1.06. The first-order valence-electron chi connectivity index (χ1n) is 7.33. The number of nitrogens with one attached hydrogen (secondary N) is 1. The van der Waals surface area contributed by atoms with Crippen molar-refractivity contribution >= 4 is 38.6 Å². The maximum Gasteiger partial charge on any atom is 0.282 e. The minimum absolute atomic E-state index is 0.183. The van der Waals surface area contributed by atoms with Gasteiger partial charge in [0, 0.05) is 16.7 Å². The lowest BCUT2D eigenvalue weighted by Gasteiger charge is -2.44. The molecule has 3 aliphatic heterocycles. The smallest absolute Gasteiger partial charge is 0.282 e. The van der Waals surface area contributed by atoms with E-state index in [1.54, 1.807) is 0 Å². The van der Waals surface area contributed by atoms with E-state index in [-0.39, 0.29) is 22.6 Å². The second-order valence-corrected chi connectivity index (χ2v) is 7.98. The Morgan fingerprint density at radius 1 is 1.18 bits per heavy atom. The van der Waals surface area contributed by atoms with Crippen LogP contribution in [0, 0.1) is 0 Å². The molecule has 3 nitrogen and oxygen atoms in total. The lowest BCUT2D eigenvalue weighted by Crippen LogP contribution is -2.47. The lowest BCUT2D eigenvalue weighted by molar-refractivity contribution is 0.182. The average Bonchev–Trinajstić information content (AvgIpc) is 2.86. The molecule has 22 heavy (non-hydrogen) atoms. The zero-order valence-electron chi connectivity index (χ0n) is 11.6. The van der Waals surface area contributed by atoms with Gasteiger partial charge >= 0.3 is 0 Å². The summed E-state index contributed by atoms with van der Waals surface area (Å²) in [4.78, 5) is 14.5. The van der Waals surface area contributed by atoms with E-state index in [9.17, 15) is 4.79 Å². The van der Waals surface area contributed by atoms with Gasteiger partial charge in [-0.25, -0.2) is 0 Å². The first-order chi connectivity index (χ1) is 10.7. The summed E-state index contributed by atoms with van der Waals surface area (Å²) in [6.45, 7) is 0.727. The molecule has 0 spiro atoms. The second kappa shape index (κ2) is 4.52. The molecule has 2 aromatic carbocycles. The molecule has 3 heterocycles. The number of fused-ring (bicyclic) bond motifs is 4. The Hall–Kier alpha value is -1.46. The van der Waals surface area contributed by atoms with Crippen molar-refractivity contribution in [3.63, 3.8) is 0 Å². The van der Waals surface area contributed by atoms with Gasteiger partial charge in [0.05, 0.1) is 17.3 Å². The Kier molecular flexibility index (Phi) is 2.68. The summed E-state index contributed by atoms with van der Waals surface area (Å²) >= 11 is 5.03. The normalized spacial score (nSPS) is 27.8. The number of hydrogen-bond acceptors (Lipinski definition) is 3. The van der Waals surface area contributed by atoms with E-state index < -0.39 is 0 Å². The van der Waals surface area contributed by atoms with E-state index in [0.29, 0.717) is 0 Å². The molecule has 1 saturated heterocycles. The number of halogens is 1. The highest BCUT2D eigenvalue weighted by Crippen LogP contribution is 2.56. The minimum Gasteiger partial charge on any atom is -0.376 e. The molecule has 1 N–H and O–H groups in total. The summed E-state index contributed by atoms with van der Waals surface area (Å²) in [5.41, 5.74) is 4.97. The molecule has 0 unspecified atom stereocenters. The summed E-state index contributed by atoms with van der Waals surface area (Å²) in [7, 11) is 0. The molecule has 1 amide bonds. The standard InChI is InChI=1S/C17H13BrN2OS/c18-10-5-6-13-12(7-10)16-15-14(19-13)11-4-2-1-3-9(11)8-20(15)17(21)22-16/h1-7,14-16,19H,8H2/t14-,15-,16+/m0/s1. The van der Waals surface area contributed by atoms with Crippen LogP contribution in [0.25, 0.3) is 0 Å². The van der Waals surface area contributed by atoms with Gasteiger partial charge in [-0.15, -0.1) is 0 Å². The van der Waals surface area contributed by atoms with Gasteiger partial charge in [0.25, 0.3) is 5.24 Å². The molecule has 3 atom stereocenters. The van der Waals surface area contributed by atoms with Crippen LogP contribution in [0.2, 0.25) is 0 Å². The predicted molar refractivity (Wildman–Crippen MR) is 92.0 cm³/mol. The van der Waals surface area contributed by atoms with Gasteiger partial charge in [0.2, 0.25) is 0 Å². The average molecular weight is 373 g/mol. The van der Waals surface area contributed by atoms with Gasteiger partial charge in [-0.2, -0.15) is 0 Å². The van der Waals surface area contributed by atoms with E-state index >= 15 is 0 Å². The molecular formula is C17H13BrN2OS. The molecular weight excluding hydrogens is 360 g/mol. The van der Waals surface area contributed by atoms with Crippen LogP contribution in [0.5, 0.6) is 0 Å². The number of anilines is 1. The summed E-state index contributed by atoms with van der Waals surface area (Å²) in [6, 6.07) is 15.2.